The third-order valence-electron chi connectivity index (χ3n) is 15.3. The van der Waals surface area contributed by atoms with Crippen molar-refractivity contribution in [2.24, 2.45) is 0 Å². The molecule has 0 heterocycles. The maximum Gasteiger partial charge on any atom is 0.306 e. The summed E-state index contributed by atoms with van der Waals surface area (Å²) in [5.41, 5.74) is 0. The maximum atomic E-state index is 12.8. The van der Waals surface area contributed by atoms with Crippen LogP contribution in [0.1, 0.15) is 367 Å². The highest BCUT2D eigenvalue weighted by Crippen LogP contribution is 2.18. The molecule has 1 atom stereocenters. The Bertz CT molecular complexity index is 1330. The van der Waals surface area contributed by atoms with Crippen LogP contribution in [0, 0.1) is 0 Å². The second-order valence-electron chi connectivity index (χ2n) is 23.1. The molecule has 450 valence electrons. The van der Waals surface area contributed by atoms with Crippen molar-refractivity contribution in [2.75, 3.05) is 13.2 Å². The molecule has 0 aromatic carbocycles. The number of unbranched alkanes of at least 4 members (excludes halogenated alkanes) is 44. The molecule has 0 N–H and O–H groups in total. The first-order valence-electron chi connectivity index (χ1n) is 34.1. The van der Waals surface area contributed by atoms with Gasteiger partial charge in [-0.15, -0.1) is 0 Å². The zero-order chi connectivity index (χ0) is 55.7. The molecule has 0 aliphatic carbocycles. The number of hydrogen-bond donors (Lipinski definition) is 0. The molecule has 0 aliphatic heterocycles. The fourth-order valence-electron chi connectivity index (χ4n) is 10.2. The van der Waals surface area contributed by atoms with Crippen LogP contribution in [-0.4, -0.2) is 37.2 Å². The normalized spacial score (nSPS) is 12.3. The first-order valence-corrected chi connectivity index (χ1v) is 34.1. The number of carbonyl (C=O) groups is 3. The van der Waals surface area contributed by atoms with Crippen molar-refractivity contribution in [1.82, 2.24) is 0 Å². The lowest BCUT2D eigenvalue weighted by molar-refractivity contribution is -0.167. The number of rotatable bonds is 63. The van der Waals surface area contributed by atoms with Crippen molar-refractivity contribution in [3.8, 4) is 0 Å². The van der Waals surface area contributed by atoms with Gasteiger partial charge < -0.3 is 14.2 Å². The lowest BCUT2D eigenvalue weighted by Gasteiger charge is -2.18. The Labute approximate surface area is 479 Å². The third-order valence-corrected chi connectivity index (χ3v) is 15.3. The monoisotopic (exact) mass is 1080 g/mol. The number of esters is 3. The predicted molar refractivity (Wildman–Crippen MR) is 335 cm³/mol. The summed E-state index contributed by atoms with van der Waals surface area (Å²) >= 11 is 0. The van der Waals surface area contributed by atoms with E-state index in [2.05, 4.69) is 69.4 Å². The van der Waals surface area contributed by atoms with E-state index < -0.39 is 6.10 Å². The van der Waals surface area contributed by atoms with E-state index in [-0.39, 0.29) is 31.1 Å². The minimum atomic E-state index is -0.770. The Kier molecular flexibility index (Phi) is 63.6. The summed E-state index contributed by atoms with van der Waals surface area (Å²) < 4.78 is 16.8. The van der Waals surface area contributed by atoms with Gasteiger partial charge >= 0.3 is 17.9 Å². The average molecular weight is 1080 g/mol. The number of ether oxygens (including phenoxy) is 3. The highest BCUT2D eigenvalue weighted by molar-refractivity contribution is 5.71. The summed E-state index contributed by atoms with van der Waals surface area (Å²) in [5, 5.41) is 0. The Morgan fingerprint density at radius 2 is 0.468 bits per heavy atom. The van der Waals surface area contributed by atoms with E-state index in [0.717, 1.165) is 77.0 Å². The zero-order valence-corrected chi connectivity index (χ0v) is 51.7. The molecule has 0 amide bonds. The molecule has 1 unspecified atom stereocenters. The zero-order valence-electron chi connectivity index (χ0n) is 51.7. The van der Waals surface area contributed by atoms with E-state index in [1.807, 2.05) is 0 Å². The van der Waals surface area contributed by atoms with Gasteiger partial charge in [0.15, 0.2) is 6.10 Å². The molecule has 0 aromatic heterocycles. The van der Waals surface area contributed by atoms with Crippen molar-refractivity contribution in [3.05, 3.63) is 48.6 Å². The SMILES string of the molecule is CCCCCCC/C=C\C/C=C\CCCCCCCCCCCCCCCCCCCCCCCC(=O)OCC(COC(=O)CCCCCCC)OC(=O)CCCCCCCCCCC/C=C\C/C=C\CCCCCCC. The molecule has 0 rings (SSSR count). The molecule has 0 spiro atoms. The minimum absolute atomic E-state index is 0.0709. The van der Waals surface area contributed by atoms with Crippen LogP contribution in [0.5, 0.6) is 0 Å². The van der Waals surface area contributed by atoms with E-state index in [1.54, 1.807) is 0 Å². The summed E-state index contributed by atoms with van der Waals surface area (Å²) in [4.78, 5) is 38.0. The molecule has 0 saturated carbocycles. The van der Waals surface area contributed by atoms with E-state index in [9.17, 15) is 14.4 Å². The van der Waals surface area contributed by atoms with Gasteiger partial charge in [0.25, 0.3) is 0 Å². The van der Waals surface area contributed by atoms with Gasteiger partial charge in [-0.2, -0.15) is 0 Å². The Balaban J connectivity index is 3.92. The topological polar surface area (TPSA) is 78.9 Å². The molecule has 77 heavy (non-hydrogen) atoms. The molecule has 0 aromatic rings. The average Bonchev–Trinajstić information content (AvgIpc) is 3.43. The first-order chi connectivity index (χ1) is 38.0. The van der Waals surface area contributed by atoms with Gasteiger partial charge in [-0.3, -0.25) is 14.4 Å². The summed E-state index contributed by atoms with van der Waals surface area (Å²) in [6, 6.07) is 0. The second-order valence-corrected chi connectivity index (χ2v) is 23.1. The van der Waals surface area contributed by atoms with Crippen molar-refractivity contribution in [1.29, 1.82) is 0 Å². The molecular weight excluding hydrogens is 949 g/mol. The Hall–Kier alpha value is -2.63. The van der Waals surface area contributed by atoms with Crippen molar-refractivity contribution in [2.45, 2.75) is 374 Å². The van der Waals surface area contributed by atoms with Crippen LogP contribution in [0.3, 0.4) is 0 Å². The molecule has 6 heteroatoms. The van der Waals surface area contributed by atoms with E-state index in [0.29, 0.717) is 19.3 Å². The standard InChI is InChI=1S/C71H130O6/c1-4-7-10-13-15-17-19-21-23-25-27-29-30-31-32-33-34-35-36-37-38-39-40-42-43-45-47-49-51-53-55-58-61-64-70(73)76-67-68(66-75-69(72)63-60-57-12-9-6-3)77-71(74)65-62-59-56-54-52-50-48-46-44-41-28-26-24-22-20-18-16-14-11-8-5-2/h19-22,25-28,68H,4-18,23-24,29-67H2,1-3H3/b21-19-,22-20-,27-25-,28-26-. The number of allylic oxidation sites excluding steroid dienone is 8. The third kappa shape index (κ3) is 64.1. The van der Waals surface area contributed by atoms with Gasteiger partial charge in [0.2, 0.25) is 0 Å². The summed E-state index contributed by atoms with van der Waals surface area (Å²) in [7, 11) is 0. The highest BCUT2D eigenvalue weighted by Gasteiger charge is 2.19. The molecule has 0 aliphatic rings. The minimum Gasteiger partial charge on any atom is -0.462 e. The highest BCUT2D eigenvalue weighted by atomic mass is 16.6. The van der Waals surface area contributed by atoms with Gasteiger partial charge in [-0.05, 0) is 83.5 Å². The molecule has 0 saturated heterocycles. The van der Waals surface area contributed by atoms with E-state index in [1.165, 1.54) is 250 Å². The van der Waals surface area contributed by atoms with Crippen LogP contribution in [0.4, 0.5) is 0 Å². The fraction of sp³-hybridized carbons (Fsp3) is 0.845. The molecule has 0 radical (unpaired) electrons. The second kappa shape index (κ2) is 65.9. The summed E-state index contributed by atoms with van der Waals surface area (Å²) in [6.07, 6.45) is 83.4. The molecular formula is C71H130O6. The van der Waals surface area contributed by atoms with Gasteiger partial charge in [0.1, 0.15) is 13.2 Å². The molecule has 6 nitrogen and oxygen atoms in total. The van der Waals surface area contributed by atoms with Gasteiger partial charge in [-0.25, -0.2) is 0 Å². The fourth-order valence-corrected chi connectivity index (χ4v) is 10.2. The van der Waals surface area contributed by atoms with Gasteiger partial charge in [0.05, 0.1) is 0 Å². The largest absolute Gasteiger partial charge is 0.462 e. The van der Waals surface area contributed by atoms with Crippen LogP contribution < -0.4 is 0 Å². The van der Waals surface area contributed by atoms with E-state index in [4.69, 9.17) is 14.2 Å². The van der Waals surface area contributed by atoms with Gasteiger partial charge in [-0.1, -0.05) is 313 Å². The number of carbonyl (C=O) groups excluding carboxylic acids is 3. The maximum absolute atomic E-state index is 12.8. The first kappa shape index (κ1) is 74.4. The lowest BCUT2D eigenvalue weighted by Crippen LogP contribution is -2.30. The van der Waals surface area contributed by atoms with Gasteiger partial charge in [0, 0.05) is 19.3 Å². The van der Waals surface area contributed by atoms with Crippen LogP contribution >= 0.6 is 0 Å². The summed E-state index contributed by atoms with van der Waals surface area (Å²) in [5.74, 6) is -0.869. The summed E-state index contributed by atoms with van der Waals surface area (Å²) in [6.45, 7) is 6.58. The number of hydrogen-bond acceptors (Lipinski definition) is 6. The van der Waals surface area contributed by atoms with Crippen LogP contribution in [-0.2, 0) is 28.6 Å². The van der Waals surface area contributed by atoms with Crippen LogP contribution in [0.15, 0.2) is 48.6 Å². The molecule has 0 fully saturated rings. The quantitative estimate of drug-likeness (QED) is 0.0261. The Morgan fingerprint density at radius 1 is 0.260 bits per heavy atom. The molecule has 0 bridgehead atoms. The van der Waals surface area contributed by atoms with Crippen molar-refractivity contribution >= 4 is 17.9 Å². The smallest absolute Gasteiger partial charge is 0.306 e. The van der Waals surface area contributed by atoms with Crippen LogP contribution in [0.25, 0.3) is 0 Å². The predicted octanol–water partition coefficient (Wildman–Crippen LogP) is 23.3. The van der Waals surface area contributed by atoms with Crippen LogP contribution in [0.2, 0.25) is 0 Å². The van der Waals surface area contributed by atoms with E-state index >= 15 is 0 Å². The van der Waals surface area contributed by atoms with Crippen molar-refractivity contribution in [3.63, 3.8) is 0 Å². The van der Waals surface area contributed by atoms with Crippen molar-refractivity contribution < 1.29 is 28.6 Å². The lowest BCUT2D eigenvalue weighted by atomic mass is 10.0. The Morgan fingerprint density at radius 3 is 0.714 bits per heavy atom.